The van der Waals surface area contributed by atoms with Gasteiger partial charge in [0.25, 0.3) is 5.91 Å². The molecule has 0 aliphatic heterocycles. The van der Waals surface area contributed by atoms with Crippen molar-refractivity contribution < 1.29 is 14.6 Å². The normalized spacial score (nSPS) is 11.2. The molecule has 0 atom stereocenters. The van der Waals surface area contributed by atoms with Crippen LogP contribution in [-0.2, 0) is 6.61 Å². The minimum atomic E-state index is -0.112. The molecule has 0 unspecified atom stereocenters. The Morgan fingerprint density at radius 1 is 1.12 bits per heavy atom. The first-order chi connectivity index (χ1) is 11.5. The van der Waals surface area contributed by atoms with E-state index in [0.29, 0.717) is 5.56 Å². The summed E-state index contributed by atoms with van der Waals surface area (Å²) in [5.74, 6) is 0.631. The lowest BCUT2D eigenvalue weighted by atomic mass is 10.1. The van der Waals surface area contributed by atoms with Crippen LogP contribution in [0.4, 0.5) is 0 Å². The Kier molecular flexibility index (Phi) is 4.40. The second kappa shape index (κ2) is 6.49. The summed E-state index contributed by atoms with van der Waals surface area (Å²) in [6, 6.07) is 14.8. The second-order valence-corrected chi connectivity index (χ2v) is 6.07. The van der Waals surface area contributed by atoms with Crippen LogP contribution in [0.25, 0.3) is 10.9 Å². The molecule has 0 aliphatic carbocycles. The molecule has 0 fully saturated rings. The summed E-state index contributed by atoms with van der Waals surface area (Å²) in [5, 5.41) is 10.6. The first-order valence-electron chi connectivity index (χ1n) is 8.04. The summed E-state index contributed by atoms with van der Waals surface area (Å²) >= 11 is 0. The summed E-state index contributed by atoms with van der Waals surface area (Å²) in [6.07, 6.45) is 0.0919. The molecular formula is C20H21NO3. The highest BCUT2D eigenvalue weighted by Crippen LogP contribution is 2.27. The number of para-hydroxylation sites is 1. The van der Waals surface area contributed by atoms with Crippen molar-refractivity contribution in [3.05, 3.63) is 65.4 Å². The van der Waals surface area contributed by atoms with Crippen LogP contribution < -0.4 is 4.74 Å². The van der Waals surface area contributed by atoms with Crippen LogP contribution in [0.5, 0.6) is 5.75 Å². The highest BCUT2D eigenvalue weighted by atomic mass is 16.5. The molecule has 0 radical (unpaired) electrons. The second-order valence-electron chi connectivity index (χ2n) is 6.07. The molecule has 0 spiro atoms. The van der Waals surface area contributed by atoms with E-state index in [1.807, 2.05) is 45.0 Å². The quantitative estimate of drug-likeness (QED) is 0.792. The van der Waals surface area contributed by atoms with E-state index in [4.69, 9.17) is 4.74 Å². The topological polar surface area (TPSA) is 51.5 Å². The predicted molar refractivity (Wildman–Crippen MR) is 94.5 cm³/mol. The van der Waals surface area contributed by atoms with Gasteiger partial charge in [0.2, 0.25) is 0 Å². The minimum Gasteiger partial charge on any atom is -0.491 e. The van der Waals surface area contributed by atoms with E-state index in [-0.39, 0.29) is 18.6 Å². The standard InChI is InChI=1S/C20H21NO3/c1-13(2)24-16-10-8-15(9-11-16)20(23)21-14(3)18(12-22)17-6-4-5-7-19(17)21/h4-11,13,22H,12H2,1-3H3. The van der Waals surface area contributed by atoms with Gasteiger partial charge >= 0.3 is 0 Å². The molecular weight excluding hydrogens is 302 g/mol. The number of aliphatic hydroxyl groups excluding tert-OH is 1. The number of carbonyl (C=O) groups excluding carboxylic acids is 1. The minimum absolute atomic E-state index is 0.0895. The van der Waals surface area contributed by atoms with Gasteiger partial charge in [-0.15, -0.1) is 0 Å². The fraction of sp³-hybridized carbons (Fsp3) is 0.250. The van der Waals surface area contributed by atoms with Crippen molar-refractivity contribution >= 4 is 16.8 Å². The monoisotopic (exact) mass is 323 g/mol. The Morgan fingerprint density at radius 3 is 2.42 bits per heavy atom. The number of ether oxygens (including phenoxy) is 1. The maximum absolute atomic E-state index is 13.0. The Morgan fingerprint density at radius 2 is 1.79 bits per heavy atom. The molecule has 1 aromatic heterocycles. The highest BCUT2D eigenvalue weighted by molar-refractivity contribution is 6.04. The van der Waals surface area contributed by atoms with Gasteiger partial charge in [-0.3, -0.25) is 9.36 Å². The van der Waals surface area contributed by atoms with Crippen molar-refractivity contribution in [3.8, 4) is 5.75 Å². The zero-order valence-corrected chi connectivity index (χ0v) is 14.1. The number of aliphatic hydroxyl groups is 1. The predicted octanol–water partition coefficient (Wildman–Crippen LogP) is 3.92. The Hall–Kier alpha value is -2.59. The van der Waals surface area contributed by atoms with Crippen LogP contribution in [0.2, 0.25) is 0 Å². The molecule has 0 amide bonds. The van der Waals surface area contributed by atoms with Crippen LogP contribution >= 0.6 is 0 Å². The lowest BCUT2D eigenvalue weighted by Gasteiger charge is -2.11. The van der Waals surface area contributed by atoms with Crippen LogP contribution in [0.15, 0.2) is 48.5 Å². The van der Waals surface area contributed by atoms with E-state index in [9.17, 15) is 9.90 Å². The van der Waals surface area contributed by atoms with Crippen molar-refractivity contribution in [1.29, 1.82) is 0 Å². The van der Waals surface area contributed by atoms with Gasteiger partial charge in [0.1, 0.15) is 5.75 Å². The van der Waals surface area contributed by atoms with Crippen molar-refractivity contribution in [2.24, 2.45) is 0 Å². The van der Waals surface area contributed by atoms with E-state index < -0.39 is 0 Å². The molecule has 0 bridgehead atoms. The Labute approximate surface area is 141 Å². The first-order valence-corrected chi connectivity index (χ1v) is 8.04. The molecule has 1 heterocycles. The van der Waals surface area contributed by atoms with Crippen molar-refractivity contribution in [3.63, 3.8) is 0 Å². The number of hydrogen-bond acceptors (Lipinski definition) is 3. The van der Waals surface area contributed by atoms with E-state index in [2.05, 4.69) is 0 Å². The maximum atomic E-state index is 13.0. The SMILES string of the molecule is Cc1c(CO)c2ccccc2n1C(=O)c1ccc(OC(C)C)cc1. The third-order valence-electron chi connectivity index (χ3n) is 4.08. The zero-order chi connectivity index (χ0) is 17.3. The highest BCUT2D eigenvalue weighted by Gasteiger charge is 2.19. The Bertz CT molecular complexity index is 876. The van der Waals surface area contributed by atoms with Gasteiger partial charge in [0, 0.05) is 22.2 Å². The number of rotatable bonds is 4. The lowest BCUT2D eigenvalue weighted by Crippen LogP contribution is -2.14. The van der Waals surface area contributed by atoms with E-state index in [1.54, 1.807) is 28.8 Å². The first kappa shape index (κ1) is 16.3. The fourth-order valence-electron chi connectivity index (χ4n) is 2.97. The van der Waals surface area contributed by atoms with Gasteiger partial charge in [-0.25, -0.2) is 0 Å². The molecule has 3 rings (SSSR count). The number of fused-ring (bicyclic) bond motifs is 1. The molecule has 1 N–H and O–H groups in total. The van der Waals surface area contributed by atoms with Crippen LogP contribution in [0.1, 0.15) is 35.5 Å². The average molecular weight is 323 g/mol. The van der Waals surface area contributed by atoms with Crippen molar-refractivity contribution in [1.82, 2.24) is 4.57 Å². The van der Waals surface area contributed by atoms with Gasteiger partial charge < -0.3 is 9.84 Å². The van der Waals surface area contributed by atoms with Crippen LogP contribution in [0.3, 0.4) is 0 Å². The molecule has 0 aliphatic rings. The molecule has 4 heteroatoms. The molecule has 2 aromatic carbocycles. The number of benzene rings is 2. The van der Waals surface area contributed by atoms with Gasteiger partial charge in [-0.2, -0.15) is 0 Å². The summed E-state index contributed by atoms with van der Waals surface area (Å²) in [7, 11) is 0. The van der Waals surface area contributed by atoms with Crippen molar-refractivity contribution in [2.45, 2.75) is 33.5 Å². The number of nitrogens with zero attached hydrogens (tertiary/aromatic N) is 1. The fourth-order valence-corrected chi connectivity index (χ4v) is 2.97. The molecule has 0 saturated heterocycles. The maximum Gasteiger partial charge on any atom is 0.262 e. The van der Waals surface area contributed by atoms with E-state index in [1.165, 1.54) is 0 Å². The Balaban J connectivity index is 2.04. The number of hydrogen-bond donors (Lipinski definition) is 1. The largest absolute Gasteiger partial charge is 0.491 e. The molecule has 4 nitrogen and oxygen atoms in total. The van der Waals surface area contributed by atoms with Gasteiger partial charge in [-0.05, 0) is 51.1 Å². The summed E-state index contributed by atoms with van der Waals surface area (Å²) in [4.78, 5) is 13.0. The number of carbonyl (C=O) groups is 1. The number of aromatic nitrogens is 1. The summed E-state index contributed by atoms with van der Waals surface area (Å²) in [6.45, 7) is 5.70. The lowest BCUT2D eigenvalue weighted by molar-refractivity contribution is 0.0962. The van der Waals surface area contributed by atoms with Crippen molar-refractivity contribution in [2.75, 3.05) is 0 Å². The van der Waals surface area contributed by atoms with Gasteiger partial charge in [-0.1, -0.05) is 18.2 Å². The van der Waals surface area contributed by atoms with E-state index >= 15 is 0 Å². The third kappa shape index (κ3) is 2.81. The zero-order valence-electron chi connectivity index (χ0n) is 14.1. The van der Waals surface area contributed by atoms with Gasteiger partial charge in [0.05, 0.1) is 18.2 Å². The average Bonchev–Trinajstić information content (AvgIpc) is 2.85. The van der Waals surface area contributed by atoms with Gasteiger partial charge in [0.15, 0.2) is 0 Å². The smallest absolute Gasteiger partial charge is 0.262 e. The molecule has 0 saturated carbocycles. The molecule has 124 valence electrons. The summed E-state index contributed by atoms with van der Waals surface area (Å²) in [5.41, 5.74) is 2.95. The molecule has 24 heavy (non-hydrogen) atoms. The summed E-state index contributed by atoms with van der Waals surface area (Å²) < 4.78 is 7.28. The van der Waals surface area contributed by atoms with Crippen LogP contribution in [-0.4, -0.2) is 21.7 Å². The third-order valence-corrected chi connectivity index (χ3v) is 4.08. The van der Waals surface area contributed by atoms with Crippen LogP contribution in [0, 0.1) is 6.92 Å². The van der Waals surface area contributed by atoms with E-state index in [0.717, 1.165) is 27.9 Å². The molecule has 3 aromatic rings.